The standard InChI is InChI=1S/C18H17F3N2O2/c19-18(20,21)15-8-4-7-14(9-15)10-17(25)23(12-16(22)24)11-13-5-2-1-3-6-13/h1-9H,10-12H2,(H2,22,24). The van der Waals surface area contributed by atoms with E-state index in [2.05, 4.69) is 0 Å². The third-order valence-corrected chi connectivity index (χ3v) is 3.53. The van der Waals surface area contributed by atoms with Gasteiger partial charge in [0, 0.05) is 6.54 Å². The Morgan fingerprint density at radius 1 is 0.960 bits per heavy atom. The van der Waals surface area contributed by atoms with Gasteiger partial charge in [-0.3, -0.25) is 9.59 Å². The zero-order valence-corrected chi connectivity index (χ0v) is 13.3. The second-order valence-electron chi connectivity index (χ2n) is 5.58. The number of rotatable bonds is 6. The molecule has 0 heterocycles. The second-order valence-corrected chi connectivity index (χ2v) is 5.58. The smallest absolute Gasteiger partial charge is 0.368 e. The lowest BCUT2D eigenvalue weighted by atomic mass is 10.1. The van der Waals surface area contributed by atoms with Crippen LogP contribution in [-0.2, 0) is 28.7 Å². The highest BCUT2D eigenvalue weighted by Crippen LogP contribution is 2.29. The third-order valence-electron chi connectivity index (χ3n) is 3.53. The molecule has 2 aromatic rings. The molecule has 0 spiro atoms. The van der Waals surface area contributed by atoms with E-state index >= 15 is 0 Å². The van der Waals surface area contributed by atoms with Crippen molar-refractivity contribution >= 4 is 11.8 Å². The maximum absolute atomic E-state index is 12.8. The highest BCUT2D eigenvalue weighted by molar-refractivity contribution is 5.85. The van der Waals surface area contributed by atoms with Crippen LogP contribution in [0, 0.1) is 0 Å². The highest BCUT2D eigenvalue weighted by atomic mass is 19.4. The maximum Gasteiger partial charge on any atom is 0.416 e. The summed E-state index contributed by atoms with van der Waals surface area (Å²) in [6.45, 7) is -0.145. The topological polar surface area (TPSA) is 63.4 Å². The monoisotopic (exact) mass is 350 g/mol. The molecule has 7 heteroatoms. The SMILES string of the molecule is NC(=O)CN(Cc1ccccc1)C(=O)Cc1cccc(C(F)(F)F)c1. The number of hydrogen-bond donors (Lipinski definition) is 1. The van der Waals surface area contributed by atoms with E-state index in [9.17, 15) is 22.8 Å². The van der Waals surface area contributed by atoms with Gasteiger partial charge in [0.1, 0.15) is 0 Å². The first-order chi connectivity index (χ1) is 11.8. The van der Waals surface area contributed by atoms with Gasteiger partial charge in [0.25, 0.3) is 0 Å². The maximum atomic E-state index is 12.8. The van der Waals surface area contributed by atoms with Gasteiger partial charge in [0.15, 0.2) is 0 Å². The summed E-state index contributed by atoms with van der Waals surface area (Å²) in [6, 6.07) is 13.5. The Balaban J connectivity index is 2.15. The molecule has 25 heavy (non-hydrogen) atoms. The molecule has 0 aliphatic rings. The molecule has 0 saturated carbocycles. The minimum Gasteiger partial charge on any atom is -0.368 e. The number of amides is 2. The van der Waals surface area contributed by atoms with Gasteiger partial charge in [-0.2, -0.15) is 13.2 Å². The highest BCUT2D eigenvalue weighted by Gasteiger charge is 2.30. The van der Waals surface area contributed by atoms with Crippen LogP contribution in [0.25, 0.3) is 0 Å². The molecule has 2 rings (SSSR count). The molecule has 132 valence electrons. The Morgan fingerprint density at radius 3 is 2.20 bits per heavy atom. The van der Waals surface area contributed by atoms with Crippen molar-refractivity contribution in [2.45, 2.75) is 19.1 Å². The van der Waals surface area contributed by atoms with Gasteiger partial charge < -0.3 is 10.6 Å². The van der Waals surface area contributed by atoms with E-state index in [0.717, 1.165) is 17.7 Å². The van der Waals surface area contributed by atoms with Crippen LogP contribution < -0.4 is 5.73 Å². The lowest BCUT2D eigenvalue weighted by Gasteiger charge is -2.21. The van der Waals surface area contributed by atoms with Crippen LogP contribution in [0.2, 0.25) is 0 Å². The molecule has 0 bridgehead atoms. The van der Waals surface area contributed by atoms with Crippen LogP contribution >= 0.6 is 0 Å². The summed E-state index contributed by atoms with van der Waals surface area (Å²) in [4.78, 5) is 24.9. The minimum absolute atomic E-state index is 0.154. The summed E-state index contributed by atoms with van der Waals surface area (Å²) in [7, 11) is 0. The van der Waals surface area contributed by atoms with Crippen molar-refractivity contribution in [2.75, 3.05) is 6.54 Å². The summed E-state index contributed by atoms with van der Waals surface area (Å²) in [6.07, 6.45) is -4.72. The van der Waals surface area contributed by atoms with Crippen LogP contribution in [0.4, 0.5) is 13.2 Å². The number of alkyl halides is 3. The van der Waals surface area contributed by atoms with E-state index in [1.807, 2.05) is 6.07 Å². The molecule has 0 atom stereocenters. The van der Waals surface area contributed by atoms with Gasteiger partial charge in [-0.05, 0) is 17.2 Å². The Kier molecular flexibility index (Phi) is 5.80. The van der Waals surface area contributed by atoms with Crippen molar-refractivity contribution in [1.82, 2.24) is 4.90 Å². The predicted molar refractivity (Wildman–Crippen MR) is 86.2 cm³/mol. The fourth-order valence-corrected chi connectivity index (χ4v) is 2.37. The average molecular weight is 350 g/mol. The molecule has 4 nitrogen and oxygen atoms in total. The van der Waals surface area contributed by atoms with Crippen molar-refractivity contribution in [3.05, 3.63) is 71.3 Å². The number of primary amides is 1. The molecule has 0 unspecified atom stereocenters. The number of halogens is 3. The van der Waals surface area contributed by atoms with Gasteiger partial charge in [0.05, 0.1) is 18.5 Å². The van der Waals surface area contributed by atoms with Crippen molar-refractivity contribution in [2.24, 2.45) is 5.73 Å². The van der Waals surface area contributed by atoms with Crippen LogP contribution in [0.1, 0.15) is 16.7 Å². The Labute approximate surface area is 143 Å². The lowest BCUT2D eigenvalue weighted by molar-refractivity contribution is -0.138. The van der Waals surface area contributed by atoms with Gasteiger partial charge in [-0.15, -0.1) is 0 Å². The van der Waals surface area contributed by atoms with Gasteiger partial charge in [-0.25, -0.2) is 0 Å². The quantitative estimate of drug-likeness (QED) is 0.871. The Bertz CT molecular complexity index is 745. The number of carbonyl (C=O) groups excluding carboxylic acids is 2. The minimum atomic E-state index is -4.48. The van der Waals surface area contributed by atoms with Crippen molar-refractivity contribution in [3.63, 3.8) is 0 Å². The molecule has 0 radical (unpaired) electrons. The first-order valence-corrected chi connectivity index (χ1v) is 7.52. The van der Waals surface area contributed by atoms with Gasteiger partial charge in [0.2, 0.25) is 11.8 Å². The van der Waals surface area contributed by atoms with Crippen molar-refractivity contribution in [3.8, 4) is 0 Å². The summed E-state index contributed by atoms with van der Waals surface area (Å²) in [5.74, 6) is -1.16. The zero-order valence-electron chi connectivity index (χ0n) is 13.3. The third kappa shape index (κ3) is 5.63. The van der Waals surface area contributed by atoms with Gasteiger partial charge >= 0.3 is 6.18 Å². The molecule has 0 saturated heterocycles. The number of nitrogens with zero attached hydrogens (tertiary/aromatic N) is 1. The van der Waals surface area contributed by atoms with E-state index in [-0.39, 0.29) is 25.1 Å². The molecule has 0 aliphatic heterocycles. The average Bonchev–Trinajstić information content (AvgIpc) is 2.54. The summed E-state index contributed by atoms with van der Waals surface area (Å²) in [5, 5.41) is 0. The summed E-state index contributed by atoms with van der Waals surface area (Å²) >= 11 is 0. The van der Waals surface area contributed by atoms with E-state index in [0.29, 0.717) is 0 Å². The Morgan fingerprint density at radius 2 is 1.60 bits per heavy atom. The molecule has 0 aromatic heterocycles. The zero-order chi connectivity index (χ0) is 18.4. The molecule has 0 aliphatic carbocycles. The van der Waals surface area contributed by atoms with Crippen LogP contribution in [0.15, 0.2) is 54.6 Å². The number of nitrogens with two attached hydrogens (primary N) is 1. The first kappa shape index (κ1) is 18.5. The number of carbonyl (C=O) groups is 2. The lowest BCUT2D eigenvalue weighted by Crippen LogP contribution is -2.38. The molecule has 2 N–H and O–H groups in total. The summed E-state index contributed by atoms with van der Waals surface area (Å²) < 4.78 is 38.3. The normalized spacial score (nSPS) is 11.2. The van der Waals surface area contributed by atoms with Crippen LogP contribution in [0.3, 0.4) is 0 Å². The number of hydrogen-bond acceptors (Lipinski definition) is 2. The van der Waals surface area contributed by atoms with E-state index in [4.69, 9.17) is 5.73 Å². The largest absolute Gasteiger partial charge is 0.416 e. The van der Waals surface area contributed by atoms with E-state index in [1.165, 1.54) is 17.0 Å². The molecular weight excluding hydrogens is 333 g/mol. The molecular formula is C18H17F3N2O2. The fraction of sp³-hybridized carbons (Fsp3) is 0.222. The van der Waals surface area contributed by atoms with Gasteiger partial charge in [-0.1, -0.05) is 48.5 Å². The van der Waals surface area contributed by atoms with Crippen molar-refractivity contribution in [1.29, 1.82) is 0 Å². The Hall–Kier alpha value is -2.83. The second kappa shape index (κ2) is 7.83. The molecule has 0 fully saturated rings. The number of benzene rings is 2. The molecule has 2 amide bonds. The molecule has 2 aromatic carbocycles. The van der Waals surface area contributed by atoms with E-state index in [1.54, 1.807) is 24.3 Å². The predicted octanol–water partition coefficient (Wildman–Crippen LogP) is 2.76. The fourth-order valence-electron chi connectivity index (χ4n) is 2.37. The first-order valence-electron chi connectivity index (χ1n) is 7.52. The van der Waals surface area contributed by atoms with Crippen LogP contribution in [-0.4, -0.2) is 23.3 Å². The summed E-state index contributed by atoms with van der Waals surface area (Å²) in [5.41, 5.74) is 5.38. The van der Waals surface area contributed by atoms with Crippen molar-refractivity contribution < 1.29 is 22.8 Å². The van der Waals surface area contributed by atoms with E-state index < -0.39 is 23.6 Å². The van der Waals surface area contributed by atoms with Crippen LogP contribution in [0.5, 0.6) is 0 Å².